The van der Waals surface area contributed by atoms with Gasteiger partial charge in [-0.25, -0.2) is 9.59 Å². The third-order valence-electron chi connectivity index (χ3n) is 4.50. The van der Waals surface area contributed by atoms with Crippen LogP contribution in [0.5, 0.6) is 0 Å². The molecule has 134 valence electrons. The number of carbonyl (C=O) groups is 2. The van der Waals surface area contributed by atoms with Gasteiger partial charge in [0.25, 0.3) is 0 Å². The minimum atomic E-state index is -1.06. The van der Waals surface area contributed by atoms with Gasteiger partial charge in [-0.3, -0.25) is 4.48 Å². The van der Waals surface area contributed by atoms with Crippen molar-refractivity contribution < 1.29 is 19.8 Å². The lowest BCUT2D eigenvalue weighted by Crippen LogP contribution is -2.48. The molecule has 0 heterocycles. The summed E-state index contributed by atoms with van der Waals surface area (Å²) in [5.41, 5.74) is 1.61. The Hall–Kier alpha value is -2.66. The Balaban J connectivity index is 0.000000251. The Morgan fingerprint density at radius 2 is 1.08 bits per heavy atom. The van der Waals surface area contributed by atoms with Crippen LogP contribution in [0.4, 0.5) is 5.69 Å². The van der Waals surface area contributed by atoms with Crippen LogP contribution < -0.4 is 4.48 Å². The number of benzene rings is 2. The van der Waals surface area contributed by atoms with Crippen molar-refractivity contribution in [1.82, 2.24) is 4.48 Å². The summed E-state index contributed by atoms with van der Waals surface area (Å²) >= 11 is 0. The summed E-state index contributed by atoms with van der Waals surface area (Å²) in [7, 11) is 0. The Morgan fingerprint density at radius 3 is 1.36 bits per heavy atom. The number of para-hydroxylation sites is 1. The summed E-state index contributed by atoms with van der Waals surface area (Å²) in [5.74, 6) is -2.13. The van der Waals surface area contributed by atoms with Crippen molar-refractivity contribution in [2.45, 2.75) is 20.8 Å². The Kier molecular flexibility index (Phi) is 7.82. The molecule has 2 aromatic carbocycles. The topological polar surface area (TPSA) is 74.6 Å². The first-order chi connectivity index (χ1) is 11.9. The van der Waals surface area contributed by atoms with Crippen LogP contribution in [0.25, 0.3) is 0 Å². The van der Waals surface area contributed by atoms with Crippen LogP contribution in [-0.4, -0.2) is 41.8 Å². The molecule has 0 spiro atoms. The number of hydrogen-bond acceptors (Lipinski definition) is 2. The SMILES string of the molecule is CC[N+](CC)(CC)c1ccccc1.O=C(O)c1ccc(C(=O)O)cc1. The summed E-state index contributed by atoms with van der Waals surface area (Å²) in [5, 5.41) is 16.9. The molecule has 2 N–H and O–H groups in total. The average Bonchev–Trinajstić information content (AvgIpc) is 2.65. The number of hydrogen-bond donors (Lipinski definition) is 2. The second-order valence-corrected chi connectivity index (χ2v) is 5.62. The molecule has 25 heavy (non-hydrogen) atoms. The van der Waals surface area contributed by atoms with Gasteiger partial charge in [-0.2, -0.15) is 0 Å². The molecule has 0 aliphatic carbocycles. The van der Waals surface area contributed by atoms with Crippen molar-refractivity contribution in [3.63, 3.8) is 0 Å². The Morgan fingerprint density at radius 1 is 0.720 bits per heavy atom. The van der Waals surface area contributed by atoms with Crippen molar-refractivity contribution in [1.29, 1.82) is 0 Å². The second kappa shape index (κ2) is 9.59. The Labute approximate surface area is 148 Å². The predicted molar refractivity (Wildman–Crippen MR) is 100 cm³/mol. The molecule has 0 aliphatic heterocycles. The van der Waals surface area contributed by atoms with E-state index in [2.05, 4.69) is 51.1 Å². The molecule has 0 saturated carbocycles. The summed E-state index contributed by atoms with van der Waals surface area (Å²) in [6.45, 7) is 10.3. The van der Waals surface area contributed by atoms with Gasteiger partial charge >= 0.3 is 11.9 Å². The molecule has 0 aliphatic rings. The number of rotatable bonds is 6. The maximum Gasteiger partial charge on any atom is 0.335 e. The van der Waals surface area contributed by atoms with E-state index < -0.39 is 11.9 Å². The van der Waals surface area contributed by atoms with Gasteiger partial charge in [-0.1, -0.05) is 18.2 Å². The fraction of sp³-hybridized carbons (Fsp3) is 0.300. The van der Waals surface area contributed by atoms with E-state index in [1.165, 1.54) is 49.6 Å². The summed E-state index contributed by atoms with van der Waals surface area (Å²) < 4.78 is 1.10. The van der Waals surface area contributed by atoms with Gasteiger partial charge in [0, 0.05) is 0 Å². The van der Waals surface area contributed by atoms with Gasteiger partial charge in [0.1, 0.15) is 5.69 Å². The molecule has 0 amide bonds. The lowest BCUT2D eigenvalue weighted by atomic mass is 10.1. The van der Waals surface area contributed by atoms with Crippen molar-refractivity contribution in [3.05, 3.63) is 65.7 Å². The summed E-state index contributed by atoms with van der Waals surface area (Å²) in [6.07, 6.45) is 0. The van der Waals surface area contributed by atoms with Crippen LogP contribution in [0.2, 0.25) is 0 Å². The fourth-order valence-corrected chi connectivity index (χ4v) is 2.72. The first-order valence-corrected chi connectivity index (χ1v) is 8.38. The highest BCUT2D eigenvalue weighted by Gasteiger charge is 2.23. The van der Waals surface area contributed by atoms with E-state index in [1.54, 1.807) is 0 Å². The molecule has 2 aromatic rings. The summed E-state index contributed by atoms with van der Waals surface area (Å²) in [6, 6.07) is 15.8. The van der Waals surface area contributed by atoms with Crippen molar-refractivity contribution in [2.24, 2.45) is 0 Å². The van der Waals surface area contributed by atoms with E-state index in [-0.39, 0.29) is 11.1 Å². The predicted octanol–water partition coefficient (Wildman–Crippen LogP) is 4.14. The molecule has 0 saturated heterocycles. The van der Waals surface area contributed by atoms with Gasteiger partial charge in [-0.15, -0.1) is 0 Å². The molecule has 0 bridgehead atoms. The highest BCUT2D eigenvalue weighted by molar-refractivity contribution is 5.91. The van der Waals surface area contributed by atoms with Gasteiger partial charge in [0.2, 0.25) is 0 Å². The molecular weight excluding hydrogens is 318 g/mol. The molecule has 2 rings (SSSR count). The highest BCUT2D eigenvalue weighted by Crippen LogP contribution is 2.21. The molecule has 0 aromatic heterocycles. The molecular formula is C20H26NO4+. The van der Waals surface area contributed by atoms with E-state index >= 15 is 0 Å². The minimum Gasteiger partial charge on any atom is -0.478 e. The van der Waals surface area contributed by atoms with Crippen LogP contribution in [0.1, 0.15) is 41.5 Å². The van der Waals surface area contributed by atoms with Crippen LogP contribution in [0.3, 0.4) is 0 Å². The van der Waals surface area contributed by atoms with Crippen LogP contribution in [0, 0.1) is 0 Å². The van der Waals surface area contributed by atoms with E-state index in [4.69, 9.17) is 10.2 Å². The van der Waals surface area contributed by atoms with Crippen LogP contribution in [0.15, 0.2) is 54.6 Å². The lowest BCUT2D eigenvalue weighted by molar-refractivity contribution is 0.0681. The second-order valence-electron chi connectivity index (χ2n) is 5.62. The number of nitrogens with zero attached hydrogens (tertiary/aromatic N) is 1. The van der Waals surface area contributed by atoms with Gasteiger partial charge in [-0.05, 0) is 57.2 Å². The maximum absolute atomic E-state index is 10.3. The van der Waals surface area contributed by atoms with E-state index in [1.807, 2.05) is 0 Å². The molecule has 0 fully saturated rings. The third-order valence-corrected chi connectivity index (χ3v) is 4.50. The van der Waals surface area contributed by atoms with Crippen molar-refractivity contribution in [2.75, 3.05) is 19.6 Å². The molecule has 5 heteroatoms. The van der Waals surface area contributed by atoms with Gasteiger partial charge in [0.05, 0.1) is 30.8 Å². The zero-order valence-corrected chi connectivity index (χ0v) is 15.0. The van der Waals surface area contributed by atoms with Crippen molar-refractivity contribution >= 4 is 17.6 Å². The largest absolute Gasteiger partial charge is 0.478 e. The summed E-state index contributed by atoms with van der Waals surface area (Å²) in [4.78, 5) is 20.7. The smallest absolute Gasteiger partial charge is 0.335 e. The highest BCUT2D eigenvalue weighted by atomic mass is 16.4. The average molecular weight is 344 g/mol. The van der Waals surface area contributed by atoms with Crippen LogP contribution >= 0.6 is 0 Å². The quantitative estimate of drug-likeness (QED) is 0.773. The van der Waals surface area contributed by atoms with Gasteiger partial charge in [0.15, 0.2) is 0 Å². The zero-order chi connectivity index (χ0) is 18.9. The lowest BCUT2D eigenvalue weighted by Gasteiger charge is -2.35. The third kappa shape index (κ3) is 5.43. The monoisotopic (exact) mass is 344 g/mol. The molecule has 5 nitrogen and oxygen atoms in total. The Bertz CT molecular complexity index is 635. The first kappa shape index (κ1) is 20.4. The molecule has 0 atom stereocenters. The van der Waals surface area contributed by atoms with E-state index in [0.717, 1.165) is 4.48 Å². The number of carboxylic acids is 2. The molecule has 0 unspecified atom stereocenters. The fourth-order valence-electron chi connectivity index (χ4n) is 2.72. The van der Waals surface area contributed by atoms with Gasteiger partial charge < -0.3 is 10.2 Å². The van der Waals surface area contributed by atoms with E-state index in [0.29, 0.717) is 0 Å². The van der Waals surface area contributed by atoms with Crippen molar-refractivity contribution in [3.8, 4) is 0 Å². The van der Waals surface area contributed by atoms with Crippen LogP contribution in [-0.2, 0) is 0 Å². The van der Waals surface area contributed by atoms with E-state index in [9.17, 15) is 9.59 Å². The normalized spacial score (nSPS) is 10.5. The number of aromatic carboxylic acids is 2. The number of carboxylic acid groups (broad SMARTS) is 2. The minimum absolute atomic E-state index is 0.0833. The number of quaternary nitrogens is 1. The standard InChI is InChI=1S/C12H20N.C8H6O4/c1-4-13(5-2,6-3)12-10-8-7-9-11-12;9-7(10)5-1-2-6(4-3-5)8(11)12/h7-11H,4-6H2,1-3H3;1-4H,(H,9,10)(H,11,12)/q+1;. The first-order valence-electron chi connectivity index (χ1n) is 8.38. The zero-order valence-electron chi connectivity index (χ0n) is 15.0. The maximum atomic E-state index is 10.3. The molecule has 0 radical (unpaired) electrons.